The predicted molar refractivity (Wildman–Crippen MR) is 82.7 cm³/mol. The van der Waals surface area contributed by atoms with Crippen LogP contribution in [0.2, 0.25) is 0 Å². The molecule has 116 valence electrons. The van der Waals surface area contributed by atoms with E-state index in [0.717, 1.165) is 26.1 Å². The van der Waals surface area contributed by atoms with E-state index in [2.05, 4.69) is 29.4 Å². The van der Waals surface area contributed by atoms with Crippen LogP contribution in [0.4, 0.5) is 0 Å². The Bertz CT molecular complexity index is 302. The zero-order valence-corrected chi connectivity index (χ0v) is 13.2. The minimum Gasteiger partial charge on any atom is -0.354 e. The molecule has 2 saturated heterocycles. The Morgan fingerprint density at radius 2 is 2.05 bits per heavy atom. The van der Waals surface area contributed by atoms with E-state index in [4.69, 9.17) is 0 Å². The Kier molecular flexibility index (Phi) is 6.30. The van der Waals surface area contributed by atoms with Gasteiger partial charge in [0.05, 0.1) is 6.04 Å². The van der Waals surface area contributed by atoms with Crippen LogP contribution < -0.4 is 10.6 Å². The molecular formula is C16H31N3O. The zero-order chi connectivity index (χ0) is 14.4. The molecule has 3 atom stereocenters. The number of carbonyl (C=O) groups excluding carboxylic acids is 1. The molecule has 1 amide bonds. The molecule has 2 rings (SSSR count). The van der Waals surface area contributed by atoms with Crippen molar-refractivity contribution in [3.05, 3.63) is 0 Å². The molecule has 4 nitrogen and oxygen atoms in total. The third-order valence-corrected chi connectivity index (χ3v) is 4.70. The molecule has 0 saturated carbocycles. The van der Waals surface area contributed by atoms with Crippen molar-refractivity contribution >= 4 is 5.91 Å². The fourth-order valence-electron chi connectivity index (χ4n) is 3.43. The van der Waals surface area contributed by atoms with Crippen LogP contribution in [0.15, 0.2) is 0 Å². The molecule has 0 aromatic heterocycles. The number of likely N-dealkylation sites (tertiary alicyclic amines) is 1. The number of amides is 1. The van der Waals surface area contributed by atoms with Crippen LogP contribution in [0, 0.1) is 11.8 Å². The van der Waals surface area contributed by atoms with Crippen LogP contribution in [0.25, 0.3) is 0 Å². The van der Waals surface area contributed by atoms with E-state index in [-0.39, 0.29) is 11.9 Å². The van der Waals surface area contributed by atoms with Gasteiger partial charge in [-0.25, -0.2) is 0 Å². The SMILES string of the molecule is CC(CNC(=O)C1NCCCC1C)CN1CCCCC1. The zero-order valence-electron chi connectivity index (χ0n) is 13.2. The number of carbonyl (C=O) groups is 1. The van der Waals surface area contributed by atoms with Crippen LogP contribution in [-0.4, -0.2) is 49.6 Å². The lowest BCUT2D eigenvalue weighted by Gasteiger charge is -2.31. The predicted octanol–water partition coefficient (Wildman–Crippen LogP) is 1.61. The Labute approximate surface area is 123 Å². The summed E-state index contributed by atoms with van der Waals surface area (Å²) in [6, 6.07) is 0.0194. The van der Waals surface area contributed by atoms with Crippen molar-refractivity contribution in [3.8, 4) is 0 Å². The molecule has 0 spiro atoms. The van der Waals surface area contributed by atoms with Crippen molar-refractivity contribution < 1.29 is 4.79 Å². The molecule has 0 aromatic carbocycles. The van der Waals surface area contributed by atoms with Crippen LogP contribution in [0.1, 0.15) is 46.0 Å². The Morgan fingerprint density at radius 1 is 1.30 bits per heavy atom. The van der Waals surface area contributed by atoms with Crippen molar-refractivity contribution in [3.63, 3.8) is 0 Å². The van der Waals surface area contributed by atoms with Crippen molar-refractivity contribution in [1.82, 2.24) is 15.5 Å². The molecular weight excluding hydrogens is 250 g/mol. The summed E-state index contributed by atoms with van der Waals surface area (Å²) in [7, 11) is 0. The van der Waals surface area contributed by atoms with Crippen LogP contribution in [0.5, 0.6) is 0 Å². The highest BCUT2D eigenvalue weighted by molar-refractivity contribution is 5.82. The van der Waals surface area contributed by atoms with Gasteiger partial charge < -0.3 is 15.5 Å². The fourth-order valence-corrected chi connectivity index (χ4v) is 3.43. The van der Waals surface area contributed by atoms with E-state index in [1.165, 1.54) is 38.8 Å². The van der Waals surface area contributed by atoms with Gasteiger partial charge in [-0.05, 0) is 57.2 Å². The van der Waals surface area contributed by atoms with Crippen molar-refractivity contribution in [2.24, 2.45) is 11.8 Å². The summed E-state index contributed by atoms with van der Waals surface area (Å²) in [6.45, 7) is 9.79. The maximum absolute atomic E-state index is 12.2. The van der Waals surface area contributed by atoms with E-state index in [9.17, 15) is 4.79 Å². The molecule has 0 aromatic rings. The first-order valence-corrected chi connectivity index (χ1v) is 8.40. The molecule has 2 aliphatic heterocycles. The molecule has 0 radical (unpaired) electrons. The average Bonchev–Trinajstić information content (AvgIpc) is 2.46. The minimum absolute atomic E-state index is 0.0194. The standard InChI is InChI=1S/C16H31N3O/c1-13(12-19-9-4-3-5-10-19)11-18-16(20)15-14(2)7-6-8-17-15/h13-15,17H,3-12H2,1-2H3,(H,18,20). The first-order valence-electron chi connectivity index (χ1n) is 8.40. The third-order valence-electron chi connectivity index (χ3n) is 4.70. The molecule has 20 heavy (non-hydrogen) atoms. The minimum atomic E-state index is 0.0194. The van der Waals surface area contributed by atoms with Gasteiger partial charge >= 0.3 is 0 Å². The van der Waals surface area contributed by atoms with E-state index in [1.807, 2.05) is 0 Å². The van der Waals surface area contributed by atoms with Crippen molar-refractivity contribution in [1.29, 1.82) is 0 Å². The van der Waals surface area contributed by atoms with Gasteiger partial charge in [-0.15, -0.1) is 0 Å². The summed E-state index contributed by atoms with van der Waals surface area (Å²) < 4.78 is 0. The van der Waals surface area contributed by atoms with Gasteiger partial charge in [-0.1, -0.05) is 20.3 Å². The average molecular weight is 281 g/mol. The Hall–Kier alpha value is -0.610. The lowest BCUT2D eigenvalue weighted by molar-refractivity contribution is -0.125. The molecule has 2 aliphatic rings. The number of hydrogen-bond acceptors (Lipinski definition) is 3. The molecule has 0 aliphatic carbocycles. The van der Waals surface area contributed by atoms with Gasteiger partial charge in [0.1, 0.15) is 0 Å². The van der Waals surface area contributed by atoms with Gasteiger partial charge in [-0.3, -0.25) is 4.79 Å². The molecule has 2 N–H and O–H groups in total. The first kappa shape index (κ1) is 15.8. The summed E-state index contributed by atoms with van der Waals surface area (Å²) in [5.74, 6) is 1.19. The number of piperidine rings is 2. The van der Waals surface area contributed by atoms with Crippen LogP contribution >= 0.6 is 0 Å². The second kappa shape index (κ2) is 7.99. The Balaban J connectivity index is 1.66. The van der Waals surface area contributed by atoms with Crippen molar-refractivity contribution in [2.45, 2.75) is 52.0 Å². The summed E-state index contributed by atoms with van der Waals surface area (Å²) in [6.07, 6.45) is 6.41. The fraction of sp³-hybridized carbons (Fsp3) is 0.938. The highest BCUT2D eigenvalue weighted by atomic mass is 16.2. The number of nitrogens with zero attached hydrogens (tertiary/aromatic N) is 1. The van der Waals surface area contributed by atoms with E-state index in [0.29, 0.717) is 11.8 Å². The number of hydrogen-bond donors (Lipinski definition) is 2. The summed E-state index contributed by atoms with van der Waals surface area (Å²) in [5.41, 5.74) is 0. The quantitative estimate of drug-likeness (QED) is 0.805. The molecule has 4 heteroatoms. The van der Waals surface area contributed by atoms with Gasteiger partial charge in [-0.2, -0.15) is 0 Å². The second-order valence-electron chi connectivity index (χ2n) is 6.76. The molecule has 2 fully saturated rings. The lowest BCUT2D eigenvalue weighted by Crippen LogP contribution is -2.51. The van der Waals surface area contributed by atoms with Gasteiger partial charge in [0.2, 0.25) is 5.91 Å². The number of rotatable bonds is 5. The summed E-state index contributed by atoms with van der Waals surface area (Å²) in [5, 5.41) is 6.50. The van der Waals surface area contributed by atoms with Crippen LogP contribution in [-0.2, 0) is 4.79 Å². The maximum atomic E-state index is 12.2. The van der Waals surface area contributed by atoms with E-state index < -0.39 is 0 Å². The van der Waals surface area contributed by atoms with Crippen molar-refractivity contribution in [2.75, 3.05) is 32.7 Å². The smallest absolute Gasteiger partial charge is 0.237 e. The summed E-state index contributed by atoms with van der Waals surface area (Å²) in [4.78, 5) is 14.8. The molecule has 3 unspecified atom stereocenters. The highest BCUT2D eigenvalue weighted by Crippen LogP contribution is 2.15. The molecule has 2 heterocycles. The largest absolute Gasteiger partial charge is 0.354 e. The maximum Gasteiger partial charge on any atom is 0.237 e. The Morgan fingerprint density at radius 3 is 2.75 bits per heavy atom. The number of nitrogens with one attached hydrogen (secondary N) is 2. The topological polar surface area (TPSA) is 44.4 Å². The normalized spacial score (nSPS) is 29.9. The monoisotopic (exact) mass is 281 g/mol. The van der Waals surface area contributed by atoms with E-state index >= 15 is 0 Å². The lowest BCUT2D eigenvalue weighted by atomic mass is 9.92. The summed E-state index contributed by atoms with van der Waals surface area (Å²) >= 11 is 0. The van der Waals surface area contributed by atoms with Crippen LogP contribution in [0.3, 0.4) is 0 Å². The van der Waals surface area contributed by atoms with Gasteiger partial charge in [0, 0.05) is 13.1 Å². The van der Waals surface area contributed by atoms with Gasteiger partial charge in [0.15, 0.2) is 0 Å². The second-order valence-corrected chi connectivity index (χ2v) is 6.76. The third kappa shape index (κ3) is 4.74. The van der Waals surface area contributed by atoms with E-state index in [1.54, 1.807) is 0 Å². The molecule has 0 bridgehead atoms. The highest BCUT2D eigenvalue weighted by Gasteiger charge is 2.27. The first-order chi connectivity index (χ1) is 9.66. The van der Waals surface area contributed by atoms with Gasteiger partial charge in [0.25, 0.3) is 0 Å².